The number of hydrogen-bond acceptors (Lipinski definition) is 4. The molecule has 0 aliphatic heterocycles. The standard InChI is InChI=1S/C20H28N4O2/c1-3-15-9-16-5-4-6-20(10-15,11-16)22-19(25)18-17(14(2)23-26-18)12-24-8-7-21-13-24/h7-8,13,15-16H,3-6,9-12H2,1-2H3,(H,22,25). The molecule has 4 rings (SSSR count). The first-order valence-corrected chi connectivity index (χ1v) is 9.82. The zero-order valence-electron chi connectivity index (χ0n) is 15.7. The third-order valence-electron chi connectivity index (χ3n) is 6.34. The average molecular weight is 356 g/mol. The van der Waals surface area contributed by atoms with Crippen molar-refractivity contribution in [2.75, 3.05) is 0 Å². The smallest absolute Gasteiger partial charge is 0.290 e. The Hall–Kier alpha value is -2.11. The third-order valence-corrected chi connectivity index (χ3v) is 6.34. The number of carbonyl (C=O) groups is 1. The van der Waals surface area contributed by atoms with Gasteiger partial charge in [0, 0.05) is 23.5 Å². The van der Waals surface area contributed by atoms with Crippen LogP contribution in [0.15, 0.2) is 23.2 Å². The molecule has 140 valence electrons. The SMILES string of the molecule is CCC1CC2CCCC(NC(=O)c3onc(C)c3Cn3ccnc3)(C1)C2. The van der Waals surface area contributed by atoms with E-state index in [2.05, 4.69) is 22.4 Å². The van der Waals surface area contributed by atoms with E-state index >= 15 is 0 Å². The molecule has 2 aromatic rings. The maximum absolute atomic E-state index is 13.1. The highest BCUT2D eigenvalue weighted by Gasteiger charge is 2.44. The molecule has 2 fully saturated rings. The second kappa shape index (κ2) is 6.89. The molecule has 2 aliphatic carbocycles. The van der Waals surface area contributed by atoms with Crippen LogP contribution in [0.3, 0.4) is 0 Å². The molecule has 3 unspecified atom stereocenters. The molecule has 0 aromatic carbocycles. The minimum Gasteiger partial charge on any atom is -0.350 e. The zero-order chi connectivity index (χ0) is 18.1. The molecule has 1 N–H and O–H groups in total. The van der Waals surface area contributed by atoms with Crippen LogP contribution in [0.2, 0.25) is 0 Å². The molecule has 2 heterocycles. The van der Waals surface area contributed by atoms with Gasteiger partial charge in [-0.2, -0.15) is 0 Å². The Morgan fingerprint density at radius 1 is 1.46 bits per heavy atom. The van der Waals surface area contributed by atoms with Gasteiger partial charge in [-0.1, -0.05) is 31.3 Å². The fourth-order valence-electron chi connectivity index (χ4n) is 5.07. The third kappa shape index (κ3) is 3.29. The summed E-state index contributed by atoms with van der Waals surface area (Å²) in [6.45, 7) is 4.70. The molecule has 2 aromatic heterocycles. The average Bonchev–Trinajstić information content (AvgIpc) is 3.25. The lowest BCUT2D eigenvalue weighted by molar-refractivity contribution is 0.0573. The van der Waals surface area contributed by atoms with E-state index in [1.54, 1.807) is 12.5 Å². The van der Waals surface area contributed by atoms with E-state index in [4.69, 9.17) is 4.52 Å². The topological polar surface area (TPSA) is 73.0 Å². The Bertz CT molecular complexity index is 767. The van der Waals surface area contributed by atoms with Crippen molar-refractivity contribution < 1.29 is 9.32 Å². The van der Waals surface area contributed by atoms with Gasteiger partial charge in [0.2, 0.25) is 5.76 Å². The fourth-order valence-corrected chi connectivity index (χ4v) is 5.07. The van der Waals surface area contributed by atoms with Crippen molar-refractivity contribution in [1.29, 1.82) is 0 Å². The number of nitrogens with one attached hydrogen (secondary N) is 1. The molecule has 2 aliphatic rings. The number of carbonyl (C=O) groups excluding carboxylic acids is 1. The van der Waals surface area contributed by atoms with Gasteiger partial charge < -0.3 is 14.4 Å². The van der Waals surface area contributed by atoms with Crippen LogP contribution in [-0.4, -0.2) is 26.2 Å². The van der Waals surface area contributed by atoms with Crippen molar-refractivity contribution in [3.05, 3.63) is 35.7 Å². The van der Waals surface area contributed by atoms with E-state index in [9.17, 15) is 4.79 Å². The molecule has 6 heteroatoms. The Labute approximate surface area is 154 Å². The van der Waals surface area contributed by atoms with Gasteiger partial charge in [0.25, 0.3) is 5.91 Å². The molecule has 26 heavy (non-hydrogen) atoms. The van der Waals surface area contributed by atoms with E-state index in [1.165, 1.54) is 25.7 Å². The van der Waals surface area contributed by atoms with E-state index in [-0.39, 0.29) is 11.4 Å². The minimum absolute atomic E-state index is 0.0636. The van der Waals surface area contributed by atoms with Crippen LogP contribution >= 0.6 is 0 Å². The van der Waals surface area contributed by atoms with Crippen molar-refractivity contribution in [3.8, 4) is 0 Å². The summed E-state index contributed by atoms with van der Waals surface area (Å²) in [6.07, 6.45) is 13.7. The number of nitrogens with zero attached hydrogens (tertiary/aromatic N) is 3. The van der Waals surface area contributed by atoms with Gasteiger partial charge in [0.15, 0.2) is 0 Å². The minimum atomic E-state index is -0.113. The van der Waals surface area contributed by atoms with Crippen LogP contribution in [-0.2, 0) is 6.54 Å². The first-order valence-electron chi connectivity index (χ1n) is 9.82. The van der Waals surface area contributed by atoms with E-state index in [0.717, 1.165) is 42.4 Å². The molecule has 3 atom stereocenters. The maximum Gasteiger partial charge on any atom is 0.290 e. The predicted octanol–water partition coefficient (Wildman–Crippen LogP) is 3.71. The highest BCUT2D eigenvalue weighted by Crippen LogP contribution is 2.46. The van der Waals surface area contributed by atoms with Crippen molar-refractivity contribution in [2.24, 2.45) is 11.8 Å². The molecule has 2 saturated carbocycles. The second-order valence-electron chi connectivity index (χ2n) is 8.22. The summed E-state index contributed by atoms with van der Waals surface area (Å²) in [5, 5.41) is 7.43. The van der Waals surface area contributed by atoms with Gasteiger partial charge in [-0.3, -0.25) is 4.79 Å². The molecular weight excluding hydrogens is 328 g/mol. The van der Waals surface area contributed by atoms with Crippen LogP contribution in [0.1, 0.15) is 73.7 Å². The molecule has 0 radical (unpaired) electrons. The summed E-state index contributed by atoms with van der Waals surface area (Å²) in [4.78, 5) is 17.2. The Morgan fingerprint density at radius 3 is 3.12 bits per heavy atom. The number of fused-ring (bicyclic) bond motifs is 2. The molecule has 2 bridgehead atoms. The number of rotatable bonds is 5. The van der Waals surface area contributed by atoms with Gasteiger partial charge in [0.05, 0.1) is 18.6 Å². The van der Waals surface area contributed by atoms with Gasteiger partial charge in [-0.25, -0.2) is 4.98 Å². The number of aromatic nitrogens is 3. The summed E-state index contributed by atoms with van der Waals surface area (Å²) in [7, 11) is 0. The molecule has 0 saturated heterocycles. The van der Waals surface area contributed by atoms with Gasteiger partial charge >= 0.3 is 0 Å². The van der Waals surface area contributed by atoms with E-state index < -0.39 is 0 Å². The molecule has 1 amide bonds. The Morgan fingerprint density at radius 2 is 2.35 bits per heavy atom. The lowest BCUT2D eigenvalue weighted by atomic mass is 9.63. The van der Waals surface area contributed by atoms with Crippen molar-refractivity contribution in [2.45, 2.75) is 70.9 Å². The largest absolute Gasteiger partial charge is 0.350 e. The first-order chi connectivity index (χ1) is 12.6. The number of imidazole rings is 1. The van der Waals surface area contributed by atoms with Gasteiger partial charge in [0.1, 0.15) is 0 Å². The number of hydrogen-bond donors (Lipinski definition) is 1. The van der Waals surface area contributed by atoms with Gasteiger partial charge in [-0.05, 0) is 44.4 Å². The second-order valence-corrected chi connectivity index (χ2v) is 8.22. The highest BCUT2D eigenvalue weighted by atomic mass is 16.5. The van der Waals surface area contributed by atoms with Crippen LogP contribution in [0.25, 0.3) is 0 Å². The zero-order valence-corrected chi connectivity index (χ0v) is 15.7. The van der Waals surface area contributed by atoms with Crippen molar-refractivity contribution in [1.82, 2.24) is 20.0 Å². The molecular formula is C20H28N4O2. The monoisotopic (exact) mass is 356 g/mol. The summed E-state index contributed by atoms with van der Waals surface area (Å²) in [5.41, 5.74) is 1.54. The van der Waals surface area contributed by atoms with E-state index in [0.29, 0.717) is 12.3 Å². The summed E-state index contributed by atoms with van der Waals surface area (Å²) < 4.78 is 7.37. The van der Waals surface area contributed by atoms with Crippen LogP contribution in [0.5, 0.6) is 0 Å². The Kier molecular flexibility index (Phi) is 4.59. The fraction of sp³-hybridized carbons (Fsp3) is 0.650. The highest BCUT2D eigenvalue weighted by molar-refractivity contribution is 5.93. The van der Waals surface area contributed by atoms with Crippen LogP contribution in [0.4, 0.5) is 0 Å². The summed E-state index contributed by atoms with van der Waals surface area (Å²) >= 11 is 0. The summed E-state index contributed by atoms with van der Waals surface area (Å²) in [6, 6.07) is 0. The lowest BCUT2D eigenvalue weighted by Gasteiger charge is -2.48. The number of aryl methyl sites for hydroxylation is 1. The van der Waals surface area contributed by atoms with Crippen molar-refractivity contribution in [3.63, 3.8) is 0 Å². The first kappa shape index (κ1) is 17.3. The van der Waals surface area contributed by atoms with Crippen LogP contribution < -0.4 is 5.32 Å². The summed E-state index contributed by atoms with van der Waals surface area (Å²) in [5.74, 6) is 1.71. The lowest BCUT2D eigenvalue weighted by Crippen LogP contribution is -2.55. The molecule has 0 spiro atoms. The quantitative estimate of drug-likeness (QED) is 0.886. The van der Waals surface area contributed by atoms with Crippen LogP contribution in [0, 0.1) is 18.8 Å². The number of amides is 1. The predicted molar refractivity (Wildman–Crippen MR) is 97.7 cm³/mol. The normalized spacial score (nSPS) is 28.1. The molecule has 6 nitrogen and oxygen atoms in total. The Balaban J connectivity index is 1.55. The van der Waals surface area contributed by atoms with Gasteiger partial charge in [-0.15, -0.1) is 0 Å². The van der Waals surface area contributed by atoms with E-state index in [1.807, 2.05) is 17.7 Å². The maximum atomic E-state index is 13.1. The van der Waals surface area contributed by atoms with Crippen molar-refractivity contribution >= 4 is 5.91 Å².